The largest absolute Gasteiger partial charge is 0.416 e. The number of alkyl halides is 3. The van der Waals surface area contributed by atoms with E-state index in [0.717, 1.165) is 23.3 Å². The van der Waals surface area contributed by atoms with Crippen molar-refractivity contribution >= 4 is 27.8 Å². The summed E-state index contributed by atoms with van der Waals surface area (Å²) in [4.78, 5) is 28.9. The molecule has 0 radical (unpaired) electrons. The number of hydrogen-bond acceptors (Lipinski definition) is 3. The van der Waals surface area contributed by atoms with Gasteiger partial charge >= 0.3 is 11.9 Å². The van der Waals surface area contributed by atoms with Crippen molar-refractivity contribution in [2.75, 3.05) is 0 Å². The van der Waals surface area contributed by atoms with Crippen molar-refractivity contribution in [3.05, 3.63) is 94.5 Å². The molecule has 1 amide bonds. The topological polar surface area (TPSA) is 82.9 Å². The number of amides is 1. The monoisotopic (exact) mass is 462 g/mol. The highest BCUT2D eigenvalue weighted by Gasteiger charge is 2.31. The molecular formula is C25H17F3N4O2. The van der Waals surface area contributed by atoms with E-state index in [9.17, 15) is 22.8 Å². The molecule has 6 nitrogen and oxygen atoms in total. The predicted octanol–water partition coefficient (Wildman–Crippen LogP) is 4.66. The Morgan fingerprint density at radius 1 is 0.971 bits per heavy atom. The molecule has 0 fully saturated rings. The summed E-state index contributed by atoms with van der Waals surface area (Å²) < 4.78 is 42.7. The van der Waals surface area contributed by atoms with E-state index in [-0.39, 0.29) is 5.69 Å². The molecule has 0 saturated carbocycles. The van der Waals surface area contributed by atoms with Crippen molar-refractivity contribution in [2.24, 2.45) is 12.8 Å². The van der Waals surface area contributed by atoms with Gasteiger partial charge in [0.25, 0.3) is 0 Å². The summed E-state index contributed by atoms with van der Waals surface area (Å²) in [5.74, 6) is -0.537. The first-order valence-corrected chi connectivity index (χ1v) is 10.2. The van der Waals surface area contributed by atoms with Gasteiger partial charge in [-0.15, -0.1) is 0 Å². The van der Waals surface area contributed by atoms with Gasteiger partial charge in [-0.2, -0.15) is 13.2 Å². The van der Waals surface area contributed by atoms with Gasteiger partial charge in [0.1, 0.15) is 0 Å². The van der Waals surface area contributed by atoms with Gasteiger partial charge in [0.05, 0.1) is 34.0 Å². The number of benzene rings is 3. The minimum absolute atomic E-state index is 0.106. The van der Waals surface area contributed by atoms with Crippen molar-refractivity contribution in [1.82, 2.24) is 14.1 Å². The van der Waals surface area contributed by atoms with E-state index >= 15 is 0 Å². The molecule has 170 valence electrons. The second-order valence-electron chi connectivity index (χ2n) is 7.89. The van der Waals surface area contributed by atoms with Crippen LogP contribution >= 0.6 is 0 Å². The van der Waals surface area contributed by atoms with Crippen LogP contribution in [-0.4, -0.2) is 20.0 Å². The summed E-state index contributed by atoms with van der Waals surface area (Å²) in [6.07, 6.45) is -3.01. The van der Waals surface area contributed by atoms with Crippen molar-refractivity contribution in [1.29, 1.82) is 0 Å². The molecule has 5 rings (SSSR count). The zero-order valence-electron chi connectivity index (χ0n) is 17.8. The van der Waals surface area contributed by atoms with Gasteiger partial charge in [0.2, 0.25) is 5.91 Å². The van der Waals surface area contributed by atoms with Crippen LogP contribution in [-0.2, 0) is 13.2 Å². The number of primary amides is 1. The Morgan fingerprint density at radius 2 is 1.68 bits per heavy atom. The first-order chi connectivity index (χ1) is 16.1. The molecule has 0 bridgehead atoms. The number of rotatable bonds is 3. The zero-order chi connectivity index (χ0) is 24.2. The van der Waals surface area contributed by atoms with Crippen molar-refractivity contribution in [2.45, 2.75) is 6.18 Å². The lowest BCUT2D eigenvalue weighted by atomic mass is 10.0. The van der Waals surface area contributed by atoms with E-state index in [2.05, 4.69) is 4.98 Å². The van der Waals surface area contributed by atoms with Crippen molar-refractivity contribution < 1.29 is 18.0 Å². The number of aryl methyl sites for hydroxylation is 1. The fourth-order valence-electron chi connectivity index (χ4n) is 4.06. The van der Waals surface area contributed by atoms with Gasteiger partial charge in [-0.1, -0.05) is 24.3 Å². The van der Waals surface area contributed by atoms with Crippen molar-refractivity contribution in [3.8, 4) is 16.8 Å². The van der Waals surface area contributed by atoms with Crippen LogP contribution in [0, 0.1) is 0 Å². The first-order valence-electron chi connectivity index (χ1n) is 10.2. The number of carbonyl (C=O) groups is 1. The summed E-state index contributed by atoms with van der Waals surface area (Å²) in [6.45, 7) is 0. The molecule has 0 aliphatic heterocycles. The van der Waals surface area contributed by atoms with E-state index in [4.69, 9.17) is 5.73 Å². The van der Waals surface area contributed by atoms with Gasteiger partial charge in [-0.05, 0) is 53.6 Å². The van der Waals surface area contributed by atoms with Crippen LogP contribution in [0.3, 0.4) is 0 Å². The molecule has 0 aliphatic carbocycles. The average molecular weight is 462 g/mol. The number of halogens is 3. The third-order valence-electron chi connectivity index (χ3n) is 5.82. The number of hydrogen-bond donors (Lipinski definition) is 1. The van der Waals surface area contributed by atoms with Gasteiger partial charge in [0.15, 0.2) is 0 Å². The number of nitrogens with two attached hydrogens (primary N) is 1. The quantitative estimate of drug-likeness (QED) is 0.423. The Morgan fingerprint density at radius 3 is 2.35 bits per heavy atom. The van der Waals surface area contributed by atoms with Crippen LogP contribution in [0.5, 0.6) is 0 Å². The fourth-order valence-corrected chi connectivity index (χ4v) is 4.06. The molecule has 2 N–H and O–H groups in total. The fraction of sp³-hybridized carbons (Fsp3) is 0.0800. The van der Waals surface area contributed by atoms with Gasteiger partial charge in [-0.3, -0.25) is 18.9 Å². The summed E-state index contributed by atoms with van der Waals surface area (Å²) in [7, 11) is 1.55. The Balaban J connectivity index is 1.79. The Labute approximate surface area is 190 Å². The van der Waals surface area contributed by atoms with Gasteiger partial charge in [-0.25, -0.2) is 4.79 Å². The third-order valence-corrected chi connectivity index (χ3v) is 5.82. The van der Waals surface area contributed by atoms with Gasteiger partial charge < -0.3 is 5.73 Å². The number of carbonyl (C=O) groups excluding carboxylic acids is 1. The summed E-state index contributed by atoms with van der Waals surface area (Å²) in [5, 5.41) is 0.601. The second kappa shape index (κ2) is 7.58. The molecule has 34 heavy (non-hydrogen) atoms. The number of nitrogens with zero attached hydrogens (tertiary/aromatic N) is 3. The maximum atomic E-state index is 13.3. The maximum Gasteiger partial charge on any atom is 0.416 e. The Hall–Kier alpha value is -4.40. The number of aromatic nitrogens is 3. The highest BCUT2D eigenvalue weighted by Crippen LogP contribution is 2.33. The minimum atomic E-state index is -4.54. The van der Waals surface area contributed by atoms with Gasteiger partial charge in [0, 0.05) is 18.0 Å². The predicted molar refractivity (Wildman–Crippen MR) is 123 cm³/mol. The molecule has 0 saturated heterocycles. The highest BCUT2D eigenvalue weighted by atomic mass is 19.4. The molecular weight excluding hydrogens is 445 g/mol. The van der Waals surface area contributed by atoms with Crippen LogP contribution in [0.2, 0.25) is 0 Å². The summed E-state index contributed by atoms with van der Waals surface area (Å²) in [6, 6.07) is 16.8. The Bertz CT molecular complexity index is 1650. The van der Waals surface area contributed by atoms with E-state index < -0.39 is 23.3 Å². The highest BCUT2D eigenvalue weighted by molar-refractivity contribution is 6.04. The SMILES string of the molecule is Cn1c(=O)n(-c2cccc(C(F)(F)F)c2)c2c3cc(-c4ccc(C(N)=O)cc4)ccc3ncc21. The molecule has 0 unspecified atom stereocenters. The third kappa shape index (κ3) is 3.42. The van der Waals surface area contributed by atoms with E-state index in [1.165, 1.54) is 27.5 Å². The average Bonchev–Trinajstić information content (AvgIpc) is 3.08. The maximum absolute atomic E-state index is 13.3. The van der Waals surface area contributed by atoms with E-state index in [0.29, 0.717) is 27.5 Å². The lowest BCUT2D eigenvalue weighted by Crippen LogP contribution is -2.21. The standard InChI is InChI=1S/C25H17F3N4O2/c1-31-21-13-30-20-10-9-16(14-5-7-15(8-6-14)23(29)33)11-19(20)22(21)32(24(31)34)18-4-2-3-17(12-18)25(26,27)28/h2-13H,1H3,(H2,29,33). The molecule has 2 heterocycles. The second-order valence-corrected chi connectivity index (χ2v) is 7.89. The molecule has 0 spiro atoms. The summed E-state index contributed by atoms with van der Waals surface area (Å²) >= 11 is 0. The minimum Gasteiger partial charge on any atom is -0.366 e. The zero-order valence-corrected chi connectivity index (χ0v) is 17.8. The lowest BCUT2D eigenvalue weighted by Gasteiger charge is -2.11. The van der Waals surface area contributed by atoms with Crippen molar-refractivity contribution in [3.63, 3.8) is 0 Å². The van der Waals surface area contributed by atoms with Crippen LogP contribution in [0.4, 0.5) is 13.2 Å². The number of imidazole rings is 1. The molecule has 3 aromatic carbocycles. The van der Waals surface area contributed by atoms with Crippen LogP contribution in [0.15, 0.2) is 77.7 Å². The Kier molecular flexibility index (Phi) is 4.78. The molecule has 0 atom stereocenters. The first kappa shape index (κ1) is 21.4. The smallest absolute Gasteiger partial charge is 0.366 e. The molecule has 2 aromatic heterocycles. The van der Waals surface area contributed by atoms with Crippen LogP contribution in [0.1, 0.15) is 15.9 Å². The normalized spacial score (nSPS) is 11.9. The van der Waals surface area contributed by atoms with Crippen LogP contribution in [0.25, 0.3) is 38.8 Å². The molecule has 9 heteroatoms. The van der Waals surface area contributed by atoms with Crippen LogP contribution < -0.4 is 11.4 Å². The lowest BCUT2D eigenvalue weighted by molar-refractivity contribution is -0.137. The summed E-state index contributed by atoms with van der Waals surface area (Å²) in [5.41, 5.74) is 7.55. The van der Waals surface area contributed by atoms with E-state index in [1.807, 2.05) is 12.1 Å². The number of fused-ring (bicyclic) bond motifs is 3. The number of pyridine rings is 1. The molecule has 5 aromatic rings. The molecule has 0 aliphatic rings. The van der Waals surface area contributed by atoms with E-state index in [1.54, 1.807) is 37.4 Å².